The van der Waals surface area contributed by atoms with Gasteiger partial charge < -0.3 is 29.5 Å². The average molecular weight is 525 g/mol. The molecule has 7 nitrogen and oxygen atoms in total. The highest BCUT2D eigenvalue weighted by Gasteiger charge is 2.27. The third-order valence-corrected chi connectivity index (χ3v) is 8.28. The second kappa shape index (κ2) is 10.7. The number of anilines is 4. The summed E-state index contributed by atoms with van der Waals surface area (Å²) in [6, 6.07) is 9.29. The van der Waals surface area contributed by atoms with Crippen LogP contribution < -0.4 is 15.1 Å². The highest BCUT2D eigenvalue weighted by Crippen LogP contribution is 2.49. The van der Waals surface area contributed by atoms with Gasteiger partial charge in [-0.25, -0.2) is 4.79 Å². The molecule has 2 aromatic carbocycles. The van der Waals surface area contributed by atoms with E-state index in [0.717, 1.165) is 58.8 Å². The maximum absolute atomic E-state index is 12.7. The van der Waals surface area contributed by atoms with Crippen molar-refractivity contribution in [2.75, 3.05) is 67.6 Å². The monoisotopic (exact) mass is 524 g/mol. The minimum Gasteiger partial charge on any atom is -0.444 e. The van der Waals surface area contributed by atoms with Gasteiger partial charge in [-0.05, 0) is 75.9 Å². The van der Waals surface area contributed by atoms with Gasteiger partial charge >= 0.3 is 6.09 Å². The number of ether oxygens (including phenoxy) is 2. The Morgan fingerprint density at radius 3 is 2.32 bits per heavy atom. The number of fused-ring (bicyclic) bond motifs is 2. The summed E-state index contributed by atoms with van der Waals surface area (Å²) in [6.45, 7) is 16.8. The fraction of sp³-hybridized carbons (Fsp3) is 0.552. The number of carbonyl (C=O) groups is 1. The van der Waals surface area contributed by atoms with Crippen LogP contribution in [0.3, 0.4) is 0 Å². The number of carbonyl (C=O) groups excluding carboxylic acids is 1. The normalized spacial score (nSPS) is 18.0. The molecule has 200 valence electrons. The molecule has 0 unspecified atom stereocenters. The zero-order chi connectivity index (χ0) is 26.2. The Labute approximate surface area is 225 Å². The van der Waals surface area contributed by atoms with E-state index in [9.17, 15) is 4.79 Å². The van der Waals surface area contributed by atoms with E-state index in [1.165, 1.54) is 43.7 Å². The molecule has 5 rings (SSSR count). The number of amides is 1. The zero-order valence-corrected chi connectivity index (χ0v) is 23.7. The number of hydrogen-bond donors (Lipinski definition) is 1. The molecule has 3 heterocycles. The van der Waals surface area contributed by atoms with Crippen LogP contribution in [0, 0.1) is 6.92 Å². The van der Waals surface area contributed by atoms with Crippen LogP contribution in [0.5, 0.6) is 0 Å². The van der Waals surface area contributed by atoms with Gasteiger partial charge in [-0.1, -0.05) is 18.7 Å². The maximum Gasteiger partial charge on any atom is 0.410 e. The van der Waals surface area contributed by atoms with Crippen LogP contribution in [0.15, 0.2) is 34.1 Å². The molecule has 0 radical (unpaired) electrons. The Morgan fingerprint density at radius 2 is 1.62 bits per heavy atom. The quantitative estimate of drug-likeness (QED) is 0.448. The van der Waals surface area contributed by atoms with E-state index in [1.807, 2.05) is 37.4 Å². The fourth-order valence-corrected chi connectivity index (χ4v) is 6.44. The van der Waals surface area contributed by atoms with Crippen LogP contribution in [-0.2, 0) is 15.9 Å². The molecule has 0 atom stereocenters. The summed E-state index contributed by atoms with van der Waals surface area (Å²) < 4.78 is 11.2. The first kappa shape index (κ1) is 26.0. The molecule has 8 heteroatoms. The second-order valence-corrected chi connectivity index (χ2v) is 12.2. The Balaban J connectivity index is 1.37. The van der Waals surface area contributed by atoms with Crippen molar-refractivity contribution in [1.29, 1.82) is 0 Å². The standard InChI is InChI=1S/C29H40N4O3S/c1-6-21-17-23(31-8-7-9-33(11-10-31)28(34)36-29(3,4)5)19-25-27(21)30-26-20(2)16-22(18-24(26)37-25)32-12-14-35-15-13-32/h16-19,30H,6-15H2,1-5H3. The van der Waals surface area contributed by atoms with Crippen molar-refractivity contribution >= 4 is 40.6 Å². The van der Waals surface area contributed by atoms with Gasteiger partial charge in [0.15, 0.2) is 0 Å². The number of aryl methyl sites for hydroxylation is 2. The number of benzene rings is 2. The molecule has 2 fully saturated rings. The van der Waals surface area contributed by atoms with Gasteiger partial charge in [0.25, 0.3) is 0 Å². The van der Waals surface area contributed by atoms with Crippen molar-refractivity contribution < 1.29 is 14.3 Å². The SMILES string of the molecule is CCc1cc(N2CCCN(C(=O)OC(C)(C)C)CC2)cc2c1Nc1c(C)cc(N3CCOCC3)cc1S2. The van der Waals surface area contributed by atoms with Crippen LogP contribution >= 0.6 is 11.8 Å². The summed E-state index contributed by atoms with van der Waals surface area (Å²) in [4.78, 5) is 21.9. The molecule has 1 N–H and O–H groups in total. The summed E-state index contributed by atoms with van der Waals surface area (Å²) in [5.41, 5.74) is 7.10. The van der Waals surface area contributed by atoms with Crippen molar-refractivity contribution in [3.05, 3.63) is 35.4 Å². The number of rotatable bonds is 3. The summed E-state index contributed by atoms with van der Waals surface area (Å²) in [5, 5.41) is 3.79. The number of nitrogens with one attached hydrogen (secondary N) is 1. The Hall–Kier alpha value is -2.58. The van der Waals surface area contributed by atoms with Crippen LogP contribution in [-0.4, -0.2) is 69.1 Å². The number of hydrogen-bond acceptors (Lipinski definition) is 7. The van der Waals surface area contributed by atoms with Crippen molar-refractivity contribution in [2.45, 2.75) is 62.9 Å². The Kier molecular flexibility index (Phi) is 7.50. The smallest absolute Gasteiger partial charge is 0.410 e. The lowest BCUT2D eigenvalue weighted by Gasteiger charge is -2.32. The Bertz CT molecular complexity index is 1160. The van der Waals surface area contributed by atoms with Gasteiger partial charge in [-0.15, -0.1) is 0 Å². The molecule has 3 aliphatic rings. The summed E-state index contributed by atoms with van der Waals surface area (Å²) in [7, 11) is 0. The third-order valence-electron chi connectivity index (χ3n) is 7.19. The summed E-state index contributed by atoms with van der Waals surface area (Å²) in [5.74, 6) is 0. The molecular formula is C29H40N4O3S. The van der Waals surface area contributed by atoms with Crippen molar-refractivity contribution in [3.8, 4) is 0 Å². The second-order valence-electron chi connectivity index (χ2n) is 11.1. The zero-order valence-electron chi connectivity index (χ0n) is 22.9. The Morgan fingerprint density at radius 1 is 0.946 bits per heavy atom. The minimum atomic E-state index is -0.474. The van der Waals surface area contributed by atoms with Gasteiger partial charge in [0.1, 0.15) is 5.60 Å². The van der Waals surface area contributed by atoms with E-state index in [1.54, 1.807) is 0 Å². The molecular weight excluding hydrogens is 484 g/mol. The van der Waals surface area contributed by atoms with Gasteiger partial charge in [0.05, 0.1) is 24.6 Å². The van der Waals surface area contributed by atoms with E-state index >= 15 is 0 Å². The van der Waals surface area contributed by atoms with Crippen molar-refractivity contribution in [3.63, 3.8) is 0 Å². The topological polar surface area (TPSA) is 57.3 Å². The van der Waals surface area contributed by atoms with E-state index < -0.39 is 5.60 Å². The summed E-state index contributed by atoms with van der Waals surface area (Å²) >= 11 is 1.87. The predicted molar refractivity (Wildman–Crippen MR) is 152 cm³/mol. The molecule has 2 aromatic rings. The van der Waals surface area contributed by atoms with E-state index in [-0.39, 0.29) is 6.09 Å². The molecule has 3 aliphatic heterocycles. The van der Waals surface area contributed by atoms with E-state index in [2.05, 4.69) is 53.2 Å². The molecule has 0 aromatic heterocycles. The first-order valence-corrected chi connectivity index (χ1v) is 14.4. The average Bonchev–Trinajstić information content (AvgIpc) is 3.13. The first-order valence-electron chi connectivity index (χ1n) is 13.5. The fourth-order valence-electron chi connectivity index (χ4n) is 5.25. The van der Waals surface area contributed by atoms with Crippen LogP contribution in [0.4, 0.5) is 27.5 Å². The highest BCUT2D eigenvalue weighted by molar-refractivity contribution is 7.99. The number of morpholine rings is 1. The molecule has 0 spiro atoms. The molecule has 0 bridgehead atoms. The molecule has 2 saturated heterocycles. The lowest BCUT2D eigenvalue weighted by Crippen LogP contribution is -2.39. The lowest BCUT2D eigenvalue weighted by molar-refractivity contribution is 0.0263. The van der Waals surface area contributed by atoms with Gasteiger partial charge in [-0.2, -0.15) is 0 Å². The molecule has 0 saturated carbocycles. The van der Waals surface area contributed by atoms with Crippen LogP contribution in [0.1, 0.15) is 45.2 Å². The molecule has 1 amide bonds. The van der Waals surface area contributed by atoms with Gasteiger partial charge in [0.2, 0.25) is 0 Å². The van der Waals surface area contributed by atoms with Gasteiger partial charge in [-0.3, -0.25) is 0 Å². The largest absolute Gasteiger partial charge is 0.444 e. The third kappa shape index (κ3) is 5.80. The lowest BCUT2D eigenvalue weighted by atomic mass is 10.1. The summed E-state index contributed by atoms with van der Waals surface area (Å²) in [6.07, 6.45) is 1.67. The number of nitrogens with zero attached hydrogens (tertiary/aromatic N) is 3. The van der Waals surface area contributed by atoms with Crippen molar-refractivity contribution in [2.24, 2.45) is 0 Å². The van der Waals surface area contributed by atoms with Gasteiger partial charge in [0, 0.05) is 60.4 Å². The minimum absolute atomic E-state index is 0.211. The molecule has 37 heavy (non-hydrogen) atoms. The van der Waals surface area contributed by atoms with E-state index in [4.69, 9.17) is 9.47 Å². The predicted octanol–water partition coefficient (Wildman–Crippen LogP) is 6.05. The maximum atomic E-state index is 12.7. The highest BCUT2D eigenvalue weighted by atomic mass is 32.2. The van der Waals surface area contributed by atoms with Crippen molar-refractivity contribution in [1.82, 2.24) is 4.90 Å². The first-order chi connectivity index (χ1) is 17.7. The van der Waals surface area contributed by atoms with Crippen LogP contribution in [0.25, 0.3) is 0 Å². The van der Waals surface area contributed by atoms with E-state index in [0.29, 0.717) is 6.54 Å². The van der Waals surface area contributed by atoms with Crippen LogP contribution in [0.2, 0.25) is 0 Å². The molecule has 0 aliphatic carbocycles.